The van der Waals surface area contributed by atoms with Crippen LogP contribution in [0.25, 0.3) is 17.2 Å². The minimum atomic E-state index is -0.107. The van der Waals surface area contributed by atoms with E-state index in [4.69, 9.17) is 14.5 Å². The highest BCUT2D eigenvalue weighted by atomic mass is 32.1. The summed E-state index contributed by atoms with van der Waals surface area (Å²) in [6, 6.07) is 4.08. The summed E-state index contributed by atoms with van der Waals surface area (Å²) in [6.07, 6.45) is 4.12. The van der Waals surface area contributed by atoms with E-state index in [0.29, 0.717) is 30.4 Å². The van der Waals surface area contributed by atoms with Crippen LogP contribution in [0.3, 0.4) is 0 Å². The summed E-state index contributed by atoms with van der Waals surface area (Å²) in [5.41, 5.74) is 3.03. The van der Waals surface area contributed by atoms with Gasteiger partial charge in [-0.15, -0.1) is 11.3 Å². The zero-order valence-corrected chi connectivity index (χ0v) is 18.4. The first-order valence-electron chi connectivity index (χ1n) is 9.81. The van der Waals surface area contributed by atoms with Crippen LogP contribution in [0.4, 0.5) is 0 Å². The van der Waals surface area contributed by atoms with Crippen LogP contribution >= 0.6 is 11.3 Å². The average molecular weight is 428 g/mol. The summed E-state index contributed by atoms with van der Waals surface area (Å²) in [4.78, 5) is 26.4. The Balaban J connectivity index is 1.70. The van der Waals surface area contributed by atoms with Crippen LogP contribution in [0.15, 0.2) is 24.5 Å². The van der Waals surface area contributed by atoms with Crippen molar-refractivity contribution in [3.8, 4) is 17.2 Å². The van der Waals surface area contributed by atoms with Gasteiger partial charge in [0.2, 0.25) is 0 Å². The molecule has 4 rings (SSSR count). The third-order valence-electron chi connectivity index (χ3n) is 5.30. The van der Waals surface area contributed by atoms with Crippen LogP contribution < -0.4 is 0 Å². The Bertz CT molecular complexity index is 1050. The molecule has 1 amide bonds. The first kappa shape index (κ1) is 20.6. The predicted octanol–water partition coefficient (Wildman–Crippen LogP) is 3.01. The van der Waals surface area contributed by atoms with E-state index in [2.05, 4.69) is 30.0 Å². The number of nitrogens with zero attached hydrogens (tertiary/aromatic N) is 5. The van der Waals surface area contributed by atoms with Gasteiger partial charge in [0.1, 0.15) is 0 Å². The van der Waals surface area contributed by atoms with E-state index in [-0.39, 0.29) is 18.6 Å². The molecule has 0 N–H and O–H groups in total. The number of hydrogen-bond acceptors (Lipinski definition) is 7. The fraction of sp³-hybridized carbons (Fsp3) is 0.429. The molecule has 0 unspecified atom stereocenters. The molecule has 158 valence electrons. The Labute approximate surface area is 179 Å². The maximum atomic E-state index is 13.1. The highest BCUT2D eigenvalue weighted by molar-refractivity contribution is 7.12. The van der Waals surface area contributed by atoms with Crippen LogP contribution in [-0.2, 0) is 16.1 Å². The number of carbonyl (C=O) groups excluding carboxylic acids is 1. The Morgan fingerprint density at radius 3 is 2.93 bits per heavy atom. The number of thiophene rings is 1. The Morgan fingerprint density at radius 2 is 2.27 bits per heavy atom. The second kappa shape index (κ2) is 8.63. The molecule has 1 saturated heterocycles. The van der Waals surface area contributed by atoms with Gasteiger partial charge in [0, 0.05) is 42.3 Å². The van der Waals surface area contributed by atoms with Crippen molar-refractivity contribution in [3.05, 3.63) is 45.5 Å². The molecule has 0 radical (unpaired) electrons. The number of hydrogen-bond donors (Lipinski definition) is 0. The van der Waals surface area contributed by atoms with E-state index < -0.39 is 0 Å². The monoisotopic (exact) mass is 427 g/mol. The lowest BCUT2D eigenvalue weighted by molar-refractivity contribution is 0.0706. The maximum Gasteiger partial charge on any atom is 0.257 e. The molecule has 1 atom stereocenters. The molecule has 0 spiro atoms. The predicted molar refractivity (Wildman–Crippen MR) is 114 cm³/mol. The molecule has 1 fully saturated rings. The van der Waals surface area contributed by atoms with Gasteiger partial charge in [0.05, 0.1) is 42.4 Å². The summed E-state index contributed by atoms with van der Waals surface area (Å²) in [5, 5.41) is 4.43. The highest BCUT2D eigenvalue weighted by Crippen LogP contribution is 2.29. The topological polar surface area (TPSA) is 82.4 Å². The molecule has 4 heterocycles. The SMILES string of the molecule is COCc1c(C(=O)N(C)[C@@H]2CCOC2)cnn1-c1nccc(-c2cc(C)sc2C)n1. The number of rotatable bonds is 6. The second-order valence-corrected chi connectivity index (χ2v) is 8.81. The standard InChI is InChI=1S/C21H25N5O3S/c1-13-9-16(14(2)30-13)18-5-7-22-21(24-18)26-19(12-28-4)17(10-23-26)20(27)25(3)15-6-8-29-11-15/h5,7,9-10,15H,6,8,11-12H2,1-4H3/t15-/m1/s1. The van der Waals surface area contributed by atoms with Gasteiger partial charge in [-0.25, -0.2) is 9.97 Å². The van der Waals surface area contributed by atoms with Crippen molar-refractivity contribution in [3.63, 3.8) is 0 Å². The van der Waals surface area contributed by atoms with Crippen LogP contribution in [0.2, 0.25) is 0 Å². The normalized spacial score (nSPS) is 16.2. The smallest absolute Gasteiger partial charge is 0.257 e. The van der Waals surface area contributed by atoms with E-state index in [1.54, 1.807) is 47.5 Å². The molecule has 9 heteroatoms. The summed E-state index contributed by atoms with van der Waals surface area (Å²) in [6.45, 7) is 5.62. The average Bonchev–Trinajstić information content (AvgIpc) is 3.47. The Hall–Kier alpha value is -2.62. The van der Waals surface area contributed by atoms with Gasteiger partial charge in [-0.05, 0) is 32.4 Å². The second-order valence-electron chi connectivity index (χ2n) is 7.35. The highest BCUT2D eigenvalue weighted by Gasteiger charge is 2.28. The van der Waals surface area contributed by atoms with Gasteiger partial charge < -0.3 is 14.4 Å². The van der Waals surface area contributed by atoms with Gasteiger partial charge in [-0.2, -0.15) is 9.78 Å². The third-order valence-corrected chi connectivity index (χ3v) is 6.27. The number of methoxy groups -OCH3 is 1. The minimum absolute atomic E-state index is 0.0700. The number of amides is 1. The first-order chi connectivity index (χ1) is 14.5. The number of ether oxygens (including phenoxy) is 2. The van der Waals surface area contributed by atoms with Crippen LogP contribution in [-0.4, -0.2) is 64.0 Å². The molecule has 0 aliphatic carbocycles. The van der Waals surface area contributed by atoms with E-state index in [0.717, 1.165) is 17.7 Å². The minimum Gasteiger partial charge on any atom is -0.379 e. The summed E-state index contributed by atoms with van der Waals surface area (Å²) < 4.78 is 12.4. The quantitative estimate of drug-likeness (QED) is 0.601. The molecule has 8 nitrogen and oxygen atoms in total. The molecule has 0 aromatic carbocycles. The van der Waals surface area contributed by atoms with Crippen molar-refractivity contribution in [1.82, 2.24) is 24.6 Å². The van der Waals surface area contributed by atoms with Crippen molar-refractivity contribution in [2.75, 3.05) is 27.4 Å². The molecule has 0 bridgehead atoms. The lowest BCUT2D eigenvalue weighted by Crippen LogP contribution is -2.37. The summed E-state index contributed by atoms with van der Waals surface area (Å²) in [7, 11) is 3.39. The van der Waals surface area contributed by atoms with E-state index in [9.17, 15) is 4.79 Å². The number of aryl methyl sites for hydroxylation is 2. The van der Waals surface area contributed by atoms with E-state index in [1.807, 2.05) is 6.07 Å². The molecular formula is C21H25N5O3S. The molecule has 30 heavy (non-hydrogen) atoms. The van der Waals surface area contributed by atoms with Gasteiger partial charge >= 0.3 is 0 Å². The number of likely N-dealkylation sites (N-methyl/N-ethyl adjacent to an activating group) is 1. The summed E-state index contributed by atoms with van der Waals surface area (Å²) >= 11 is 1.74. The number of aromatic nitrogens is 4. The van der Waals surface area contributed by atoms with Crippen molar-refractivity contribution in [1.29, 1.82) is 0 Å². The maximum absolute atomic E-state index is 13.1. The van der Waals surface area contributed by atoms with Gasteiger partial charge in [0.25, 0.3) is 11.9 Å². The van der Waals surface area contributed by atoms with Gasteiger partial charge in [-0.3, -0.25) is 4.79 Å². The van der Waals surface area contributed by atoms with Crippen LogP contribution in [0.1, 0.15) is 32.2 Å². The lowest BCUT2D eigenvalue weighted by atomic mass is 10.1. The summed E-state index contributed by atoms with van der Waals surface area (Å²) in [5.74, 6) is 0.304. The van der Waals surface area contributed by atoms with Crippen LogP contribution in [0.5, 0.6) is 0 Å². The first-order valence-corrected chi connectivity index (χ1v) is 10.6. The largest absolute Gasteiger partial charge is 0.379 e. The zero-order chi connectivity index (χ0) is 21.3. The molecule has 1 aliphatic rings. The third kappa shape index (κ3) is 3.88. The molecule has 3 aromatic rings. The molecule has 3 aromatic heterocycles. The van der Waals surface area contributed by atoms with Crippen molar-refractivity contribution < 1.29 is 14.3 Å². The van der Waals surface area contributed by atoms with Crippen molar-refractivity contribution in [2.24, 2.45) is 0 Å². The molecule has 1 aliphatic heterocycles. The Morgan fingerprint density at radius 1 is 1.43 bits per heavy atom. The fourth-order valence-corrected chi connectivity index (χ4v) is 4.60. The number of carbonyl (C=O) groups is 1. The van der Waals surface area contributed by atoms with E-state index >= 15 is 0 Å². The van der Waals surface area contributed by atoms with Gasteiger partial charge in [0.15, 0.2) is 0 Å². The van der Waals surface area contributed by atoms with Crippen LogP contribution in [0, 0.1) is 13.8 Å². The van der Waals surface area contributed by atoms with Crippen molar-refractivity contribution in [2.45, 2.75) is 32.9 Å². The van der Waals surface area contributed by atoms with E-state index in [1.165, 1.54) is 9.75 Å². The van der Waals surface area contributed by atoms with Crippen molar-refractivity contribution >= 4 is 17.2 Å². The lowest BCUT2D eigenvalue weighted by Gasteiger charge is -2.23. The molecule has 0 saturated carbocycles. The zero-order valence-electron chi connectivity index (χ0n) is 17.6. The fourth-order valence-electron chi connectivity index (χ4n) is 3.67. The van der Waals surface area contributed by atoms with Gasteiger partial charge in [-0.1, -0.05) is 0 Å². The Kier molecular flexibility index (Phi) is 5.94. The molecular weight excluding hydrogens is 402 g/mol.